The number of hydrogen-bond donors (Lipinski definition) is 1. The van der Waals surface area contributed by atoms with Crippen LogP contribution in [0.4, 0.5) is 4.39 Å². The van der Waals surface area contributed by atoms with Crippen LogP contribution in [-0.4, -0.2) is 48.3 Å². The zero-order chi connectivity index (χ0) is 29.9. The van der Waals surface area contributed by atoms with E-state index in [0.29, 0.717) is 23.0 Å². The van der Waals surface area contributed by atoms with Crippen molar-refractivity contribution in [3.63, 3.8) is 0 Å². The first kappa shape index (κ1) is 30.3. The van der Waals surface area contributed by atoms with E-state index in [4.69, 9.17) is 23.2 Å². The normalized spacial score (nSPS) is 21.7. The van der Waals surface area contributed by atoms with Gasteiger partial charge in [0.25, 0.3) is 0 Å². The van der Waals surface area contributed by atoms with Gasteiger partial charge in [-0.3, -0.25) is 14.5 Å². The van der Waals surface area contributed by atoms with Gasteiger partial charge in [0.1, 0.15) is 5.82 Å². The maximum absolute atomic E-state index is 14.0. The zero-order valence-corrected chi connectivity index (χ0v) is 25.5. The highest BCUT2D eigenvalue weighted by Gasteiger charge is 2.60. The number of hydrogen-bond acceptors (Lipinski definition) is 3. The molecular formula is C34H36Cl2FN3O2. The number of benzene rings is 3. The summed E-state index contributed by atoms with van der Waals surface area (Å²) in [6, 6.07) is 21.9. The molecule has 42 heavy (non-hydrogen) atoms. The molecule has 8 heteroatoms. The number of amides is 2. The van der Waals surface area contributed by atoms with E-state index in [0.717, 1.165) is 49.2 Å². The van der Waals surface area contributed by atoms with E-state index >= 15 is 0 Å². The van der Waals surface area contributed by atoms with E-state index in [-0.39, 0.29) is 29.1 Å². The van der Waals surface area contributed by atoms with Gasteiger partial charge in [-0.2, -0.15) is 0 Å². The summed E-state index contributed by atoms with van der Waals surface area (Å²) in [5, 5.41) is 4.11. The third-order valence-electron chi connectivity index (χ3n) is 8.69. The molecule has 1 aliphatic carbocycles. The lowest BCUT2D eigenvalue weighted by molar-refractivity contribution is -0.133. The molecule has 1 N–H and O–H groups in total. The summed E-state index contributed by atoms with van der Waals surface area (Å²) in [6.45, 7) is 4.42. The molecule has 5 rings (SSSR count). The first-order valence-corrected chi connectivity index (χ1v) is 15.1. The van der Waals surface area contributed by atoms with Crippen LogP contribution in [0.2, 0.25) is 10.0 Å². The molecule has 5 nitrogen and oxygen atoms in total. The number of rotatable bonds is 9. The molecule has 1 saturated carbocycles. The summed E-state index contributed by atoms with van der Waals surface area (Å²) in [4.78, 5) is 30.1. The molecule has 0 radical (unpaired) electrons. The van der Waals surface area contributed by atoms with Gasteiger partial charge in [-0.1, -0.05) is 83.9 Å². The number of likely N-dealkylation sites (tertiary alicyclic amines) is 1. The van der Waals surface area contributed by atoms with Crippen molar-refractivity contribution in [2.24, 2.45) is 5.92 Å². The molecule has 220 valence electrons. The summed E-state index contributed by atoms with van der Waals surface area (Å²) in [5.74, 6) is -0.304. The number of allylic oxidation sites excluding steroid dienone is 1. The minimum absolute atomic E-state index is 0.000730. The van der Waals surface area contributed by atoms with Gasteiger partial charge < -0.3 is 10.2 Å². The second-order valence-electron chi connectivity index (χ2n) is 11.6. The number of carbonyl (C=O) groups is 2. The van der Waals surface area contributed by atoms with Crippen molar-refractivity contribution in [2.45, 2.75) is 43.7 Å². The molecule has 0 spiro atoms. The predicted octanol–water partition coefficient (Wildman–Crippen LogP) is 6.73. The van der Waals surface area contributed by atoms with E-state index in [2.05, 4.69) is 34.5 Å². The Morgan fingerprint density at radius 2 is 1.69 bits per heavy atom. The van der Waals surface area contributed by atoms with Crippen LogP contribution in [0.25, 0.3) is 0 Å². The van der Waals surface area contributed by atoms with Crippen molar-refractivity contribution >= 4 is 35.0 Å². The zero-order valence-electron chi connectivity index (χ0n) is 24.0. The minimum atomic E-state index is -0.727. The Bertz CT molecular complexity index is 1460. The maximum Gasteiger partial charge on any atom is 0.233 e. The summed E-state index contributed by atoms with van der Waals surface area (Å²) in [7, 11) is 1.78. The van der Waals surface area contributed by atoms with Gasteiger partial charge in [-0.15, -0.1) is 0 Å². The Labute approximate surface area is 257 Å². The van der Waals surface area contributed by atoms with Crippen molar-refractivity contribution in [3.8, 4) is 0 Å². The molecule has 2 amide bonds. The average molecular weight is 609 g/mol. The van der Waals surface area contributed by atoms with Crippen molar-refractivity contribution in [1.82, 2.24) is 15.1 Å². The lowest BCUT2D eigenvalue weighted by atomic mass is 9.80. The highest BCUT2D eigenvalue weighted by atomic mass is 35.5. The van der Waals surface area contributed by atoms with Crippen LogP contribution in [0, 0.1) is 11.7 Å². The number of piperidine rings is 1. The quantitative estimate of drug-likeness (QED) is 0.274. The third kappa shape index (κ3) is 6.41. The molecule has 1 aliphatic heterocycles. The van der Waals surface area contributed by atoms with Gasteiger partial charge in [0.05, 0.1) is 21.0 Å². The summed E-state index contributed by atoms with van der Waals surface area (Å²) in [6.07, 6.45) is 6.64. The lowest BCUT2D eigenvalue weighted by Gasteiger charge is -2.42. The number of halogens is 3. The predicted molar refractivity (Wildman–Crippen MR) is 166 cm³/mol. The molecular weight excluding hydrogens is 572 g/mol. The molecule has 0 bridgehead atoms. The van der Waals surface area contributed by atoms with E-state index in [1.54, 1.807) is 43.1 Å². The molecule has 0 aromatic heterocycles. The SMILES string of the molecule is CC(=O)NC1(c2ccccc2)CCN(C/C=C/[C@@H]2C[C@@]2(C(=O)N(C)Cc2ccc(F)cc2)c2ccc(Cl)c(Cl)c2)CC1. The summed E-state index contributed by atoms with van der Waals surface area (Å²) in [5.41, 5.74) is 1.77. The molecule has 2 atom stereocenters. The fraction of sp³-hybridized carbons (Fsp3) is 0.353. The van der Waals surface area contributed by atoms with Gasteiger partial charge in [-0.05, 0) is 66.1 Å². The van der Waals surface area contributed by atoms with Crippen LogP contribution in [0.15, 0.2) is 84.9 Å². The fourth-order valence-corrected chi connectivity index (χ4v) is 6.64. The molecule has 1 heterocycles. The highest BCUT2D eigenvalue weighted by Crippen LogP contribution is 2.57. The first-order valence-electron chi connectivity index (χ1n) is 14.3. The Morgan fingerprint density at radius 3 is 2.33 bits per heavy atom. The second-order valence-corrected chi connectivity index (χ2v) is 12.4. The number of carbonyl (C=O) groups excluding carboxylic acids is 2. The molecule has 2 aliphatic rings. The van der Waals surface area contributed by atoms with Gasteiger partial charge in [0.2, 0.25) is 11.8 Å². The van der Waals surface area contributed by atoms with Crippen molar-refractivity contribution < 1.29 is 14.0 Å². The monoisotopic (exact) mass is 607 g/mol. The van der Waals surface area contributed by atoms with Crippen molar-refractivity contribution in [3.05, 3.63) is 118 Å². The third-order valence-corrected chi connectivity index (χ3v) is 9.43. The fourth-order valence-electron chi connectivity index (χ4n) is 6.34. The van der Waals surface area contributed by atoms with Crippen molar-refractivity contribution in [1.29, 1.82) is 0 Å². The van der Waals surface area contributed by atoms with Crippen LogP contribution in [-0.2, 0) is 27.1 Å². The molecule has 1 saturated heterocycles. The molecule has 3 aromatic carbocycles. The topological polar surface area (TPSA) is 52.7 Å². The minimum Gasteiger partial charge on any atom is -0.347 e. The standard InChI is InChI=1S/C34H36Cl2FN3O2/c1-24(41)38-33(26-7-4-3-5-8-26)16-19-40(20-17-33)18-6-9-28-22-34(28,27-12-15-30(35)31(36)21-27)32(42)39(2)23-25-10-13-29(37)14-11-25/h3-15,21,28H,16-20,22-23H2,1-2H3,(H,38,41)/b9-6+/t28-,34-/m1/s1. The molecule has 3 aromatic rings. The van der Waals surface area contributed by atoms with Crippen LogP contribution >= 0.6 is 23.2 Å². The summed E-state index contributed by atoms with van der Waals surface area (Å²) < 4.78 is 13.4. The maximum atomic E-state index is 14.0. The van der Waals surface area contributed by atoms with E-state index in [9.17, 15) is 14.0 Å². The number of nitrogens with zero attached hydrogens (tertiary/aromatic N) is 2. The molecule has 0 unspecified atom stereocenters. The largest absolute Gasteiger partial charge is 0.347 e. The molecule has 2 fully saturated rings. The van der Waals surface area contributed by atoms with E-state index in [1.807, 2.05) is 24.3 Å². The van der Waals surface area contributed by atoms with Crippen molar-refractivity contribution in [2.75, 3.05) is 26.7 Å². The Morgan fingerprint density at radius 1 is 1.00 bits per heavy atom. The van der Waals surface area contributed by atoms with E-state index < -0.39 is 5.41 Å². The van der Waals surface area contributed by atoms with Gasteiger partial charge >= 0.3 is 0 Å². The van der Waals surface area contributed by atoms with Crippen LogP contribution in [0.3, 0.4) is 0 Å². The Balaban J connectivity index is 1.27. The summed E-state index contributed by atoms with van der Waals surface area (Å²) >= 11 is 12.6. The van der Waals surface area contributed by atoms with Gasteiger partial charge in [0, 0.05) is 40.2 Å². The first-order chi connectivity index (χ1) is 20.1. The lowest BCUT2D eigenvalue weighted by Crippen LogP contribution is -2.52. The van der Waals surface area contributed by atoms with Crippen LogP contribution < -0.4 is 5.32 Å². The number of likely N-dealkylation sites (N-methyl/N-ethyl adjacent to an activating group) is 1. The van der Waals surface area contributed by atoms with Crippen LogP contribution in [0.1, 0.15) is 42.9 Å². The number of nitrogens with one attached hydrogen (secondary N) is 1. The van der Waals surface area contributed by atoms with E-state index in [1.165, 1.54) is 12.1 Å². The van der Waals surface area contributed by atoms with Gasteiger partial charge in [0.15, 0.2) is 0 Å². The highest BCUT2D eigenvalue weighted by molar-refractivity contribution is 6.42. The average Bonchev–Trinajstić information content (AvgIpc) is 3.71. The van der Waals surface area contributed by atoms with Crippen LogP contribution in [0.5, 0.6) is 0 Å². The Hall–Kier alpha value is -3.19. The smallest absolute Gasteiger partial charge is 0.233 e. The second kappa shape index (κ2) is 12.6. The Kier molecular flexibility index (Phi) is 9.07. The van der Waals surface area contributed by atoms with Gasteiger partial charge in [-0.25, -0.2) is 4.39 Å².